The van der Waals surface area contributed by atoms with Gasteiger partial charge < -0.3 is 10.6 Å². The molecule has 94 valence electrons. The van der Waals surface area contributed by atoms with Crippen LogP contribution in [0.15, 0.2) is 12.4 Å². The molecule has 2 aromatic rings. The number of H-pyrrole nitrogens is 1. The van der Waals surface area contributed by atoms with Gasteiger partial charge in [0.2, 0.25) is 0 Å². The highest BCUT2D eigenvalue weighted by Crippen LogP contribution is 2.26. The highest BCUT2D eigenvalue weighted by Gasteiger charge is 2.22. The lowest BCUT2D eigenvalue weighted by molar-refractivity contribution is 0.237. The quantitative estimate of drug-likeness (QED) is 0.693. The number of urea groups is 1. The minimum Gasteiger partial charge on any atom is -0.341 e. The van der Waals surface area contributed by atoms with Crippen LogP contribution >= 0.6 is 0 Å². The second-order valence-electron chi connectivity index (χ2n) is 4.56. The maximum atomic E-state index is 11.3. The van der Waals surface area contributed by atoms with Crippen LogP contribution in [0.2, 0.25) is 0 Å². The molecule has 0 radical (unpaired) electrons. The normalized spacial score (nSPS) is 18.4. The SMILES string of the molecule is CNC(=O)NC1CCc2c(cnc3[nH]ncc23)C1. The number of hydrogen-bond donors (Lipinski definition) is 3. The molecule has 2 amide bonds. The molecule has 1 unspecified atom stereocenters. The number of aromatic nitrogens is 3. The van der Waals surface area contributed by atoms with Crippen molar-refractivity contribution in [2.45, 2.75) is 25.3 Å². The Morgan fingerprint density at radius 2 is 2.39 bits per heavy atom. The first kappa shape index (κ1) is 11.0. The molecule has 0 bridgehead atoms. The Morgan fingerprint density at radius 3 is 3.22 bits per heavy atom. The summed E-state index contributed by atoms with van der Waals surface area (Å²) in [6, 6.07) is 0.0596. The molecule has 18 heavy (non-hydrogen) atoms. The molecule has 0 saturated heterocycles. The van der Waals surface area contributed by atoms with Crippen molar-refractivity contribution in [3.05, 3.63) is 23.5 Å². The number of rotatable bonds is 1. The number of carbonyl (C=O) groups excluding carboxylic acids is 1. The van der Waals surface area contributed by atoms with Crippen molar-refractivity contribution in [3.8, 4) is 0 Å². The van der Waals surface area contributed by atoms with Crippen molar-refractivity contribution < 1.29 is 4.79 Å². The summed E-state index contributed by atoms with van der Waals surface area (Å²) >= 11 is 0. The van der Waals surface area contributed by atoms with E-state index in [0.717, 1.165) is 30.3 Å². The zero-order valence-corrected chi connectivity index (χ0v) is 10.2. The van der Waals surface area contributed by atoms with Crippen molar-refractivity contribution in [1.82, 2.24) is 25.8 Å². The number of carbonyl (C=O) groups is 1. The maximum absolute atomic E-state index is 11.3. The van der Waals surface area contributed by atoms with Crippen molar-refractivity contribution in [3.63, 3.8) is 0 Å². The van der Waals surface area contributed by atoms with E-state index in [9.17, 15) is 4.79 Å². The Hall–Kier alpha value is -2.11. The van der Waals surface area contributed by atoms with Gasteiger partial charge in [0.15, 0.2) is 5.65 Å². The molecule has 1 atom stereocenters. The van der Waals surface area contributed by atoms with Gasteiger partial charge in [0, 0.05) is 24.7 Å². The number of aryl methyl sites for hydroxylation is 1. The van der Waals surface area contributed by atoms with E-state index in [0.29, 0.717) is 0 Å². The second-order valence-corrected chi connectivity index (χ2v) is 4.56. The molecular formula is C12H15N5O. The van der Waals surface area contributed by atoms with Gasteiger partial charge in [-0.3, -0.25) is 5.10 Å². The minimum absolute atomic E-state index is 0.124. The highest BCUT2D eigenvalue weighted by atomic mass is 16.2. The number of pyridine rings is 1. The number of fused-ring (bicyclic) bond motifs is 3. The molecule has 6 nitrogen and oxygen atoms in total. The number of nitrogens with one attached hydrogen (secondary N) is 3. The summed E-state index contributed by atoms with van der Waals surface area (Å²) in [6.07, 6.45) is 6.44. The Balaban J connectivity index is 1.87. The van der Waals surface area contributed by atoms with Crippen LogP contribution in [-0.4, -0.2) is 34.3 Å². The molecule has 0 aromatic carbocycles. The van der Waals surface area contributed by atoms with E-state index < -0.39 is 0 Å². The second kappa shape index (κ2) is 4.29. The zero-order chi connectivity index (χ0) is 12.5. The molecule has 1 aliphatic rings. The molecule has 3 N–H and O–H groups in total. The average molecular weight is 245 g/mol. The molecule has 1 aliphatic carbocycles. The van der Waals surface area contributed by atoms with E-state index in [1.807, 2.05) is 12.4 Å². The largest absolute Gasteiger partial charge is 0.341 e. The van der Waals surface area contributed by atoms with Gasteiger partial charge in [0.1, 0.15) is 0 Å². The summed E-state index contributed by atoms with van der Waals surface area (Å²) in [7, 11) is 1.63. The van der Waals surface area contributed by atoms with Crippen molar-refractivity contribution in [1.29, 1.82) is 0 Å². The summed E-state index contributed by atoms with van der Waals surface area (Å²) in [4.78, 5) is 15.7. The number of nitrogens with zero attached hydrogens (tertiary/aromatic N) is 2. The molecule has 0 spiro atoms. The van der Waals surface area contributed by atoms with Crippen LogP contribution < -0.4 is 10.6 Å². The van der Waals surface area contributed by atoms with Crippen molar-refractivity contribution >= 4 is 17.1 Å². The summed E-state index contributed by atoms with van der Waals surface area (Å²) < 4.78 is 0. The third kappa shape index (κ3) is 1.79. The molecule has 0 aliphatic heterocycles. The van der Waals surface area contributed by atoms with Gasteiger partial charge in [-0.1, -0.05) is 0 Å². The fourth-order valence-electron chi connectivity index (χ4n) is 2.53. The molecular weight excluding hydrogens is 230 g/mol. The predicted octanol–water partition coefficient (Wildman–Crippen LogP) is 0.744. The third-order valence-corrected chi connectivity index (χ3v) is 3.45. The van der Waals surface area contributed by atoms with E-state index in [1.165, 1.54) is 11.1 Å². The number of hydrogen-bond acceptors (Lipinski definition) is 3. The monoisotopic (exact) mass is 245 g/mol. The summed E-state index contributed by atoms with van der Waals surface area (Å²) in [6.45, 7) is 0. The minimum atomic E-state index is -0.124. The van der Waals surface area contributed by atoms with E-state index in [4.69, 9.17) is 0 Å². The summed E-state index contributed by atoms with van der Waals surface area (Å²) in [5, 5.41) is 13.5. The molecule has 0 saturated carbocycles. The molecule has 0 fully saturated rings. The predicted molar refractivity (Wildman–Crippen MR) is 67.3 cm³/mol. The van der Waals surface area contributed by atoms with Crippen LogP contribution in [0.25, 0.3) is 11.0 Å². The molecule has 2 heterocycles. The molecule has 6 heteroatoms. The van der Waals surface area contributed by atoms with E-state index >= 15 is 0 Å². The van der Waals surface area contributed by atoms with Crippen molar-refractivity contribution in [2.24, 2.45) is 0 Å². The van der Waals surface area contributed by atoms with Crippen LogP contribution in [0.4, 0.5) is 4.79 Å². The van der Waals surface area contributed by atoms with Gasteiger partial charge in [-0.15, -0.1) is 0 Å². The van der Waals surface area contributed by atoms with Gasteiger partial charge in [-0.25, -0.2) is 9.78 Å². The standard InChI is InChI=1S/C12H15N5O/c1-13-12(18)16-8-2-3-9-7(4-8)5-14-11-10(9)6-15-17-11/h5-6,8H,2-4H2,1H3,(H2,13,16,18)(H,14,15,17). The average Bonchev–Trinajstić information content (AvgIpc) is 2.86. The van der Waals surface area contributed by atoms with Crippen molar-refractivity contribution in [2.75, 3.05) is 7.05 Å². The topological polar surface area (TPSA) is 82.7 Å². The first-order valence-electron chi connectivity index (χ1n) is 6.06. The van der Waals surface area contributed by atoms with Crippen LogP contribution in [0.5, 0.6) is 0 Å². The van der Waals surface area contributed by atoms with Gasteiger partial charge in [-0.2, -0.15) is 5.10 Å². The molecule has 3 rings (SSSR count). The van der Waals surface area contributed by atoms with Gasteiger partial charge >= 0.3 is 6.03 Å². The Kier molecular flexibility index (Phi) is 2.62. The first-order valence-corrected chi connectivity index (χ1v) is 6.06. The van der Waals surface area contributed by atoms with Crippen LogP contribution in [-0.2, 0) is 12.8 Å². The van der Waals surface area contributed by atoms with Gasteiger partial charge in [-0.05, 0) is 30.4 Å². The van der Waals surface area contributed by atoms with E-state index in [2.05, 4.69) is 25.8 Å². The Morgan fingerprint density at radius 1 is 1.50 bits per heavy atom. The summed E-state index contributed by atoms with van der Waals surface area (Å²) in [5.74, 6) is 0. The van der Waals surface area contributed by atoms with Gasteiger partial charge in [0.05, 0.1) is 6.20 Å². The zero-order valence-electron chi connectivity index (χ0n) is 10.2. The Bertz CT molecular complexity index is 591. The summed E-state index contributed by atoms with van der Waals surface area (Å²) in [5.41, 5.74) is 3.35. The van der Waals surface area contributed by atoms with E-state index in [-0.39, 0.29) is 12.1 Å². The van der Waals surface area contributed by atoms with E-state index in [1.54, 1.807) is 7.05 Å². The molecule has 2 aromatic heterocycles. The lowest BCUT2D eigenvalue weighted by atomic mass is 9.88. The fraction of sp³-hybridized carbons (Fsp3) is 0.417. The highest BCUT2D eigenvalue weighted by molar-refractivity contribution is 5.79. The van der Waals surface area contributed by atoms with Crippen LogP contribution in [0.1, 0.15) is 17.5 Å². The van der Waals surface area contributed by atoms with Crippen LogP contribution in [0.3, 0.4) is 0 Å². The fourth-order valence-corrected chi connectivity index (χ4v) is 2.53. The number of aromatic amines is 1. The first-order chi connectivity index (χ1) is 8.78. The number of amides is 2. The smallest absolute Gasteiger partial charge is 0.314 e. The van der Waals surface area contributed by atoms with Crippen LogP contribution in [0, 0.1) is 0 Å². The third-order valence-electron chi connectivity index (χ3n) is 3.45. The Labute approximate surface area is 104 Å². The lowest BCUT2D eigenvalue weighted by Crippen LogP contribution is -2.43. The maximum Gasteiger partial charge on any atom is 0.314 e. The lowest BCUT2D eigenvalue weighted by Gasteiger charge is -2.25. The van der Waals surface area contributed by atoms with Gasteiger partial charge in [0.25, 0.3) is 0 Å².